The number of hydrogen-bond acceptors (Lipinski definition) is 3. The van der Waals surface area contributed by atoms with Gasteiger partial charge in [0, 0.05) is 17.1 Å². The molecule has 0 saturated carbocycles. The minimum atomic E-state index is -0.666. The van der Waals surface area contributed by atoms with E-state index in [9.17, 15) is 9.59 Å². The van der Waals surface area contributed by atoms with Gasteiger partial charge in [0.15, 0.2) is 0 Å². The van der Waals surface area contributed by atoms with Crippen LogP contribution in [0, 0.1) is 6.92 Å². The van der Waals surface area contributed by atoms with Crippen LogP contribution in [0.15, 0.2) is 48.5 Å². The number of benzene rings is 2. The quantitative estimate of drug-likeness (QED) is 0.860. The van der Waals surface area contributed by atoms with Gasteiger partial charge >= 0.3 is 0 Å². The molecule has 3 rings (SSSR count). The number of nitrogens with zero attached hydrogens (tertiary/aromatic N) is 1. The Morgan fingerprint density at radius 2 is 1.86 bits per heavy atom. The molecule has 0 aliphatic carbocycles. The van der Waals surface area contributed by atoms with Gasteiger partial charge in [0.25, 0.3) is 0 Å². The maximum Gasteiger partial charge on any atom is 0.244 e. The lowest BCUT2D eigenvalue weighted by molar-refractivity contribution is -0.125. The SMILES string of the molecule is Cc1ccc2c(c1)C(c1ccccc1)CC(N)C(=O)N2CC(=O)NC(C)(C)C. The zero-order chi connectivity index (χ0) is 20.5. The molecule has 3 N–H and O–H groups in total. The molecule has 0 fully saturated rings. The molecule has 0 aromatic heterocycles. The maximum atomic E-state index is 13.1. The van der Waals surface area contributed by atoms with E-state index in [1.165, 1.54) is 0 Å². The number of nitrogens with two attached hydrogens (primary N) is 1. The number of carbonyl (C=O) groups is 2. The van der Waals surface area contributed by atoms with Crippen LogP contribution >= 0.6 is 0 Å². The fourth-order valence-electron chi connectivity index (χ4n) is 3.76. The Bertz CT molecular complexity index is 871. The first-order valence-electron chi connectivity index (χ1n) is 9.69. The molecule has 0 saturated heterocycles. The van der Waals surface area contributed by atoms with Gasteiger partial charge in [-0.15, -0.1) is 0 Å². The zero-order valence-electron chi connectivity index (χ0n) is 17.0. The lowest BCUT2D eigenvalue weighted by Gasteiger charge is -2.27. The summed E-state index contributed by atoms with van der Waals surface area (Å²) in [6.45, 7) is 7.75. The summed E-state index contributed by atoms with van der Waals surface area (Å²) in [6.07, 6.45) is 0.511. The second-order valence-electron chi connectivity index (χ2n) is 8.59. The minimum absolute atomic E-state index is 0.00530. The van der Waals surface area contributed by atoms with Gasteiger partial charge in [0.05, 0.1) is 6.04 Å². The van der Waals surface area contributed by atoms with E-state index >= 15 is 0 Å². The van der Waals surface area contributed by atoms with E-state index < -0.39 is 6.04 Å². The van der Waals surface area contributed by atoms with Crippen molar-refractivity contribution in [1.82, 2.24) is 5.32 Å². The Morgan fingerprint density at radius 3 is 2.50 bits per heavy atom. The third-order valence-electron chi connectivity index (χ3n) is 4.94. The summed E-state index contributed by atoms with van der Waals surface area (Å²) in [4.78, 5) is 27.2. The first-order valence-corrected chi connectivity index (χ1v) is 9.69. The lowest BCUT2D eigenvalue weighted by atomic mass is 9.85. The highest BCUT2D eigenvalue weighted by molar-refractivity contribution is 6.03. The van der Waals surface area contributed by atoms with Gasteiger partial charge in [-0.2, -0.15) is 0 Å². The average Bonchev–Trinajstić information content (AvgIpc) is 2.71. The largest absolute Gasteiger partial charge is 0.350 e. The fraction of sp³-hybridized carbons (Fsp3) is 0.391. The molecule has 2 atom stereocenters. The Kier molecular flexibility index (Phi) is 5.57. The normalized spacial score (nSPS) is 19.8. The van der Waals surface area contributed by atoms with Crippen molar-refractivity contribution in [3.05, 3.63) is 65.2 Å². The number of amides is 2. The molecule has 5 nitrogen and oxygen atoms in total. The maximum absolute atomic E-state index is 13.1. The molecule has 0 bridgehead atoms. The molecule has 5 heteroatoms. The van der Waals surface area contributed by atoms with Crippen molar-refractivity contribution in [2.24, 2.45) is 5.73 Å². The molecule has 2 unspecified atom stereocenters. The predicted octanol–water partition coefficient (Wildman–Crippen LogP) is 3.11. The Hall–Kier alpha value is -2.66. The number of fused-ring (bicyclic) bond motifs is 1. The van der Waals surface area contributed by atoms with Crippen molar-refractivity contribution in [2.75, 3.05) is 11.4 Å². The number of hydrogen-bond donors (Lipinski definition) is 2. The molecule has 2 aromatic rings. The molecule has 1 aliphatic heterocycles. The van der Waals surface area contributed by atoms with Gasteiger partial charge in [0.1, 0.15) is 6.54 Å². The van der Waals surface area contributed by atoms with Crippen molar-refractivity contribution in [3.63, 3.8) is 0 Å². The van der Waals surface area contributed by atoms with Crippen molar-refractivity contribution >= 4 is 17.5 Å². The minimum Gasteiger partial charge on any atom is -0.350 e. The van der Waals surface area contributed by atoms with Crippen LogP contribution in [0.4, 0.5) is 5.69 Å². The number of carbonyl (C=O) groups excluding carboxylic acids is 2. The van der Waals surface area contributed by atoms with E-state index in [1.807, 2.05) is 58.0 Å². The number of aryl methyl sites for hydroxylation is 1. The molecule has 2 aromatic carbocycles. The molecule has 2 amide bonds. The van der Waals surface area contributed by atoms with Crippen molar-refractivity contribution in [2.45, 2.75) is 51.6 Å². The van der Waals surface area contributed by atoms with Crippen LogP contribution in [0.2, 0.25) is 0 Å². The summed E-state index contributed by atoms with van der Waals surface area (Å²) in [7, 11) is 0. The third kappa shape index (κ3) is 4.42. The van der Waals surface area contributed by atoms with Gasteiger partial charge in [-0.1, -0.05) is 48.0 Å². The molecular weight excluding hydrogens is 350 g/mol. The van der Waals surface area contributed by atoms with Gasteiger partial charge < -0.3 is 16.0 Å². The molecule has 0 radical (unpaired) electrons. The third-order valence-corrected chi connectivity index (χ3v) is 4.94. The summed E-state index contributed by atoms with van der Waals surface area (Å²) in [5.41, 5.74) is 9.97. The van der Waals surface area contributed by atoms with Gasteiger partial charge in [-0.05, 0) is 51.3 Å². The van der Waals surface area contributed by atoms with Gasteiger partial charge in [0.2, 0.25) is 11.8 Å². The van der Waals surface area contributed by atoms with Crippen molar-refractivity contribution in [3.8, 4) is 0 Å². The Balaban J connectivity index is 2.05. The summed E-state index contributed by atoms with van der Waals surface area (Å²) < 4.78 is 0. The first kappa shape index (κ1) is 20.1. The molecule has 0 spiro atoms. The van der Waals surface area contributed by atoms with Crippen LogP contribution in [-0.4, -0.2) is 29.9 Å². The summed E-state index contributed by atoms with van der Waals surface area (Å²) >= 11 is 0. The summed E-state index contributed by atoms with van der Waals surface area (Å²) in [6, 6.07) is 15.4. The van der Waals surface area contributed by atoms with Crippen LogP contribution in [0.25, 0.3) is 0 Å². The number of nitrogens with one attached hydrogen (secondary N) is 1. The van der Waals surface area contributed by atoms with E-state index in [2.05, 4.69) is 23.5 Å². The highest BCUT2D eigenvalue weighted by atomic mass is 16.2. The molecule has 1 heterocycles. The second kappa shape index (κ2) is 7.76. The van der Waals surface area contributed by atoms with Crippen LogP contribution in [0.1, 0.15) is 49.8 Å². The van der Waals surface area contributed by atoms with Crippen LogP contribution < -0.4 is 16.0 Å². The monoisotopic (exact) mass is 379 g/mol. The average molecular weight is 380 g/mol. The highest BCUT2D eigenvalue weighted by Gasteiger charge is 2.35. The lowest BCUT2D eigenvalue weighted by Crippen LogP contribution is -2.50. The predicted molar refractivity (Wildman–Crippen MR) is 112 cm³/mol. The second-order valence-corrected chi connectivity index (χ2v) is 8.59. The molecule has 148 valence electrons. The van der Waals surface area contributed by atoms with Crippen molar-refractivity contribution < 1.29 is 9.59 Å². The standard InChI is InChI=1S/C23H29N3O2/c1-15-10-11-20-18(12-15)17(16-8-6-5-7-9-16)13-19(24)22(28)26(20)14-21(27)25-23(2,3)4/h5-12,17,19H,13-14,24H2,1-4H3,(H,25,27). The Labute approximate surface area is 166 Å². The number of anilines is 1. The zero-order valence-corrected chi connectivity index (χ0v) is 17.0. The smallest absolute Gasteiger partial charge is 0.244 e. The first-order chi connectivity index (χ1) is 13.2. The van der Waals surface area contributed by atoms with Crippen LogP contribution in [0.3, 0.4) is 0 Å². The van der Waals surface area contributed by atoms with E-state index in [0.717, 1.165) is 22.4 Å². The van der Waals surface area contributed by atoms with E-state index in [1.54, 1.807) is 4.90 Å². The van der Waals surface area contributed by atoms with Gasteiger partial charge in [-0.3, -0.25) is 9.59 Å². The van der Waals surface area contributed by atoms with E-state index in [0.29, 0.717) is 6.42 Å². The summed E-state index contributed by atoms with van der Waals surface area (Å²) in [5.74, 6) is -0.406. The van der Waals surface area contributed by atoms with Crippen molar-refractivity contribution in [1.29, 1.82) is 0 Å². The molecular formula is C23H29N3O2. The number of rotatable bonds is 3. The van der Waals surface area contributed by atoms with Gasteiger partial charge in [-0.25, -0.2) is 0 Å². The highest BCUT2D eigenvalue weighted by Crippen LogP contribution is 2.39. The molecule has 28 heavy (non-hydrogen) atoms. The Morgan fingerprint density at radius 1 is 1.18 bits per heavy atom. The summed E-state index contributed by atoms with van der Waals surface area (Å²) in [5, 5.41) is 2.93. The fourth-order valence-corrected chi connectivity index (χ4v) is 3.76. The topological polar surface area (TPSA) is 75.4 Å². The van der Waals surface area contributed by atoms with Crippen LogP contribution in [-0.2, 0) is 9.59 Å². The van der Waals surface area contributed by atoms with E-state index in [4.69, 9.17) is 5.73 Å². The van der Waals surface area contributed by atoms with E-state index in [-0.39, 0.29) is 29.8 Å². The molecule has 1 aliphatic rings. The van der Waals surface area contributed by atoms with Crippen LogP contribution in [0.5, 0.6) is 0 Å².